The van der Waals surface area contributed by atoms with E-state index in [4.69, 9.17) is 4.74 Å². The third kappa shape index (κ3) is 3.62. The molecule has 100 valence electrons. The van der Waals surface area contributed by atoms with Gasteiger partial charge in [-0.15, -0.1) is 0 Å². The van der Waals surface area contributed by atoms with Gasteiger partial charge in [-0.1, -0.05) is 0 Å². The van der Waals surface area contributed by atoms with Gasteiger partial charge in [-0.25, -0.2) is 0 Å². The molecule has 1 aliphatic heterocycles. The number of hydrogen-bond donors (Lipinski definition) is 2. The second kappa shape index (κ2) is 6.61. The van der Waals surface area contributed by atoms with Gasteiger partial charge in [0, 0.05) is 37.9 Å². The first-order valence-electron chi connectivity index (χ1n) is 6.67. The van der Waals surface area contributed by atoms with Crippen LogP contribution >= 0.6 is 0 Å². The van der Waals surface area contributed by atoms with Gasteiger partial charge in [0.25, 0.3) is 0 Å². The van der Waals surface area contributed by atoms with E-state index in [1.54, 1.807) is 0 Å². The summed E-state index contributed by atoms with van der Waals surface area (Å²) in [7, 11) is 2.19. The molecular formula is C14H23N3O. The molecule has 1 heterocycles. The molecule has 1 saturated heterocycles. The average molecular weight is 249 g/mol. The zero-order chi connectivity index (χ0) is 12.8. The van der Waals surface area contributed by atoms with E-state index in [1.165, 1.54) is 0 Å². The van der Waals surface area contributed by atoms with Crippen molar-refractivity contribution in [2.45, 2.75) is 13.0 Å². The molecule has 1 atom stereocenters. The maximum Gasteiger partial charge on any atom is 0.119 e. The lowest BCUT2D eigenvalue weighted by molar-refractivity contribution is 0.209. The molecule has 0 bridgehead atoms. The van der Waals surface area contributed by atoms with Gasteiger partial charge in [0.15, 0.2) is 0 Å². The first kappa shape index (κ1) is 13.2. The fraction of sp³-hybridized carbons (Fsp3) is 0.571. The van der Waals surface area contributed by atoms with Crippen molar-refractivity contribution in [2.24, 2.45) is 0 Å². The monoisotopic (exact) mass is 249 g/mol. The van der Waals surface area contributed by atoms with Gasteiger partial charge in [-0.05, 0) is 38.2 Å². The van der Waals surface area contributed by atoms with Crippen molar-refractivity contribution in [3.63, 3.8) is 0 Å². The second-order valence-electron chi connectivity index (χ2n) is 4.68. The smallest absolute Gasteiger partial charge is 0.119 e. The van der Waals surface area contributed by atoms with Crippen LogP contribution in [0.4, 0.5) is 5.69 Å². The molecule has 1 aliphatic rings. The Bertz CT molecular complexity index is 353. The van der Waals surface area contributed by atoms with Gasteiger partial charge in [-0.3, -0.25) is 4.90 Å². The molecule has 2 N–H and O–H groups in total. The number of nitrogens with one attached hydrogen (secondary N) is 2. The highest BCUT2D eigenvalue weighted by molar-refractivity contribution is 5.46. The summed E-state index contributed by atoms with van der Waals surface area (Å²) >= 11 is 0. The molecule has 0 amide bonds. The fourth-order valence-electron chi connectivity index (χ4n) is 2.16. The lowest BCUT2D eigenvalue weighted by Gasteiger charge is -2.33. The van der Waals surface area contributed by atoms with Crippen molar-refractivity contribution in [1.82, 2.24) is 10.2 Å². The number of piperazine rings is 1. The van der Waals surface area contributed by atoms with Crippen LogP contribution in [0.1, 0.15) is 6.92 Å². The Kier molecular flexibility index (Phi) is 4.84. The number of ether oxygens (including phenoxy) is 1. The standard InChI is InChI=1S/C14H23N3O/c1-3-18-14-6-4-12(5-7-14)16-11-13-10-15-8-9-17(13)2/h4-7,13,15-16H,3,8-11H2,1-2H3. The molecule has 0 radical (unpaired) electrons. The minimum atomic E-state index is 0.560. The Balaban J connectivity index is 1.82. The highest BCUT2D eigenvalue weighted by Gasteiger charge is 2.17. The summed E-state index contributed by atoms with van der Waals surface area (Å²) in [4.78, 5) is 2.40. The number of rotatable bonds is 5. The summed E-state index contributed by atoms with van der Waals surface area (Å²) in [6.07, 6.45) is 0. The topological polar surface area (TPSA) is 36.5 Å². The molecular weight excluding hydrogens is 226 g/mol. The summed E-state index contributed by atoms with van der Waals surface area (Å²) < 4.78 is 5.43. The van der Waals surface area contributed by atoms with E-state index >= 15 is 0 Å². The van der Waals surface area contributed by atoms with E-state index in [0.717, 1.165) is 37.6 Å². The van der Waals surface area contributed by atoms with Crippen LogP contribution in [0.5, 0.6) is 5.75 Å². The van der Waals surface area contributed by atoms with Gasteiger partial charge in [0.1, 0.15) is 5.75 Å². The Morgan fingerprint density at radius 1 is 1.39 bits per heavy atom. The SMILES string of the molecule is CCOc1ccc(NCC2CNCCN2C)cc1. The molecule has 1 aromatic carbocycles. The summed E-state index contributed by atoms with van der Waals surface area (Å²) in [6, 6.07) is 8.72. The van der Waals surface area contributed by atoms with Gasteiger partial charge in [-0.2, -0.15) is 0 Å². The zero-order valence-electron chi connectivity index (χ0n) is 11.3. The molecule has 4 nitrogen and oxygen atoms in total. The average Bonchev–Trinajstić information content (AvgIpc) is 2.40. The van der Waals surface area contributed by atoms with E-state index < -0.39 is 0 Å². The molecule has 2 rings (SSSR count). The van der Waals surface area contributed by atoms with Crippen molar-refractivity contribution in [3.05, 3.63) is 24.3 Å². The predicted molar refractivity (Wildman–Crippen MR) is 75.4 cm³/mol. The van der Waals surface area contributed by atoms with Gasteiger partial charge in [0.05, 0.1) is 6.61 Å². The van der Waals surface area contributed by atoms with Crippen LogP contribution in [0.15, 0.2) is 24.3 Å². The van der Waals surface area contributed by atoms with Crippen LogP contribution < -0.4 is 15.4 Å². The van der Waals surface area contributed by atoms with Crippen LogP contribution in [0.25, 0.3) is 0 Å². The van der Waals surface area contributed by atoms with Crippen molar-refractivity contribution >= 4 is 5.69 Å². The van der Waals surface area contributed by atoms with Crippen molar-refractivity contribution < 1.29 is 4.74 Å². The largest absolute Gasteiger partial charge is 0.494 e. The lowest BCUT2D eigenvalue weighted by atomic mass is 10.2. The van der Waals surface area contributed by atoms with Crippen molar-refractivity contribution in [1.29, 1.82) is 0 Å². The molecule has 18 heavy (non-hydrogen) atoms. The Labute approximate surface area is 109 Å². The van der Waals surface area contributed by atoms with E-state index in [-0.39, 0.29) is 0 Å². The molecule has 1 unspecified atom stereocenters. The van der Waals surface area contributed by atoms with Crippen LogP contribution in [0, 0.1) is 0 Å². The number of nitrogens with zero attached hydrogens (tertiary/aromatic N) is 1. The second-order valence-corrected chi connectivity index (χ2v) is 4.68. The maximum absolute atomic E-state index is 5.43. The van der Waals surface area contributed by atoms with Crippen molar-refractivity contribution in [2.75, 3.05) is 45.2 Å². The van der Waals surface area contributed by atoms with Crippen LogP contribution in [-0.2, 0) is 0 Å². The minimum absolute atomic E-state index is 0.560. The minimum Gasteiger partial charge on any atom is -0.494 e. The van der Waals surface area contributed by atoms with E-state index in [2.05, 4.69) is 34.7 Å². The fourth-order valence-corrected chi connectivity index (χ4v) is 2.16. The third-order valence-electron chi connectivity index (χ3n) is 3.35. The summed E-state index contributed by atoms with van der Waals surface area (Å²) in [5.74, 6) is 0.930. The molecule has 0 saturated carbocycles. The summed E-state index contributed by atoms with van der Waals surface area (Å²) in [5.41, 5.74) is 1.15. The van der Waals surface area contributed by atoms with E-state index in [1.807, 2.05) is 19.1 Å². The summed E-state index contributed by atoms with van der Waals surface area (Å²) in [5, 5.41) is 6.90. The first-order chi connectivity index (χ1) is 8.79. The number of hydrogen-bond acceptors (Lipinski definition) is 4. The molecule has 1 fully saturated rings. The molecule has 4 heteroatoms. The summed E-state index contributed by atoms with van der Waals surface area (Å²) in [6.45, 7) is 6.95. The molecule has 0 aromatic heterocycles. The third-order valence-corrected chi connectivity index (χ3v) is 3.35. The number of likely N-dealkylation sites (N-methyl/N-ethyl adjacent to an activating group) is 1. The van der Waals surface area contributed by atoms with Gasteiger partial charge in [0.2, 0.25) is 0 Å². The van der Waals surface area contributed by atoms with Crippen molar-refractivity contribution in [3.8, 4) is 5.75 Å². The van der Waals surface area contributed by atoms with E-state index in [0.29, 0.717) is 12.6 Å². The Morgan fingerprint density at radius 2 is 2.17 bits per heavy atom. The first-order valence-corrected chi connectivity index (χ1v) is 6.67. The van der Waals surface area contributed by atoms with Crippen LogP contribution in [-0.4, -0.2) is 50.8 Å². The van der Waals surface area contributed by atoms with Gasteiger partial charge >= 0.3 is 0 Å². The number of benzene rings is 1. The zero-order valence-corrected chi connectivity index (χ0v) is 11.3. The molecule has 0 aliphatic carbocycles. The van der Waals surface area contributed by atoms with Crippen LogP contribution in [0.2, 0.25) is 0 Å². The van der Waals surface area contributed by atoms with Crippen LogP contribution in [0.3, 0.4) is 0 Å². The quantitative estimate of drug-likeness (QED) is 0.827. The Morgan fingerprint density at radius 3 is 2.83 bits per heavy atom. The molecule has 0 spiro atoms. The predicted octanol–water partition coefficient (Wildman–Crippen LogP) is 1.40. The Hall–Kier alpha value is -1.26. The highest BCUT2D eigenvalue weighted by atomic mass is 16.5. The van der Waals surface area contributed by atoms with Gasteiger partial charge < -0.3 is 15.4 Å². The highest BCUT2D eigenvalue weighted by Crippen LogP contribution is 2.15. The molecule has 1 aromatic rings. The lowest BCUT2D eigenvalue weighted by Crippen LogP contribution is -2.52. The van der Waals surface area contributed by atoms with E-state index in [9.17, 15) is 0 Å². The normalized spacial score (nSPS) is 20.7. The maximum atomic E-state index is 5.43. The number of anilines is 1.